The lowest BCUT2D eigenvalue weighted by atomic mass is 10.1. The average Bonchev–Trinajstić information content (AvgIpc) is 3.40. The van der Waals surface area contributed by atoms with Gasteiger partial charge in [-0.15, -0.1) is 0 Å². The normalized spacial score (nSPS) is 15.5. The predicted molar refractivity (Wildman–Crippen MR) is 166 cm³/mol. The van der Waals surface area contributed by atoms with Gasteiger partial charge in [0.2, 0.25) is 5.95 Å². The summed E-state index contributed by atoms with van der Waals surface area (Å²) in [4.78, 5) is 39.7. The first kappa shape index (κ1) is 30.3. The highest BCUT2D eigenvalue weighted by atomic mass is 19.4. The molecule has 0 spiro atoms. The van der Waals surface area contributed by atoms with E-state index in [4.69, 9.17) is 15.7 Å². The van der Waals surface area contributed by atoms with Gasteiger partial charge in [-0.2, -0.15) is 18.2 Å². The number of anilines is 1. The Hall–Kier alpha value is -4.77. The number of aryl methyl sites for hydroxylation is 2. The fourth-order valence-electron chi connectivity index (χ4n) is 5.83. The lowest BCUT2D eigenvalue weighted by Crippen LogP contribution is -2.44. The second-order valence-electron chi connectivity index (χ2n) is 11.4. The molecule has 3 aromatic carbocycles. The molecule has 3 heterocycles. The summed E-state index contributed by atoms with van der Waals surface area (Å²) in [5.41, 5.74) is 7.64. The van der Waals surface area contributed by atoms with Gasteiger partial charge in [0.15, 0.2) is 16.9 Å². The van der Waals surface area contributed by atoms with Crippen LogP contribution in [0.1, 0.15) is 45.7 Å². The van der Waals surface area contributed by atoms with Gasteiger partial charge in [0, 0.05) is 31.1 Å². The van der Waals surface area contributed by atoms with E-state index < -0.39 is 23.1 Å². The number of carbonyl (C=O) groups is 1. The summed E-state index contributed by atoms with van der Waals surface area (Å²) in [6, 6.07) is 23.4. The molecule has 45 heavy (non-hydrogen) atoms. The smallest absolute Gasteiger partial charge is 0.341 e. The molecule has 1 fully saturated rings. The number of alkyl halides is 3. The van der Waals surface area contributed by atoms with Crippen molar-refractivity contribution in [1.82, 2.24) is 19.1 Å². The molecule has 8 nitrogen and oxygen atoms in total. The summed E-state index contributed by atoms with van der Waals surface area (Å²) >= 11 is 0. The highest BCUT2D eigenvalue weighted by Crippen LogP contribution is 2.29. The number of hydrogen-bond donors (Lipinski definition) is 1. The van der Waals surface area contributed by atoms with Crippen LogP contribution in [0.15, 0.2) is 89.7 Å². The molecule has 2 aromatic heterocycles. The molecule has 1 saturated heterocycles. The number of aromatic nitrogens is 4. The van der Waals surface area contributed by atoms with Crippen molar-refractivity contribution in [3.8, 4) is 0 Å². The molecule has 1 aliphatic heterocycles. The Morgan fingerprint density at radius 2 is 1.53 bits per heavy atom. The number of fused-ring (bicyclic) bond motifs is 1. The molecule has 0 aliphatic carbocycles. The minimum atomic E-state index is -4.52. The molecular formula is C34H33F3N6O2. The number of halogens is 3. The van der Waals surface area contributed by atoms with Gasteiger partial charge in [-0.25, -0.2) is 4.98 Å². The number of benzene rings is 3. The second kappa shape index (κ2) is 12.7. The monoisotopic (exact) mass is 614 g/mol. The molecule has 0 amide bonds. The maximum Gasteiger partial charge on any atom is 0.416 e. The molecule has 5 aromatic rings. The maximum absolute atomic E-state index is 14.4. The first-order valence-electron chi connectivity index (χ1n) is 15.0. The summed E-state index contributed by atoms with van der Waals surface area (Å²) in [6.45, 7) is 1.29. The van der Waals surface area contributed by atoms with Crippen LogP contribution in [-0.2, 0) is 32.1 Å². The van der Waals surface area contributed by atoms with E-state index in [1.54, 1.807) is 0 Å². The summed E-state index contributed by atoms with van der Waals surface area (Å²) in [7, 11) is 0. The van der Waals surface area contributed by atoms with Crippen LogP contribution in [-0.4, -0.2) is 44.0 Å². The van der Waals surface area contributed by atoms with Gasteiger partial charge in [0.25, 0.3) is 5.56 Å². The quantitative estimate of drug-likeness (QED) is 0.228. The van der Waals surface area contributed by atoms with Crippen molar-refractivity contribution in [2.45, 2.75) is 51.0 Å². The molecule has 0 bridgehead atoms. The second-order valence-corrected chi connectivity index (χ2v) is 11.4. The number of ketones is 1. The van der Waals surface area contributed by atoms with E-state index in [1.807, 2.05) is 65.2 Å². The van der Waals surface area contributed by atoms with Crippen LogP contribution in [0.2, 0.25) is 0 Å². The summed E-state index contributed by atoms with van der Waals surface area (Å²) in [6.07, 6.45) is -1.82. The zero-order chi connectivity index (χ0) is 31.6. The maximum atomic E-state index is 14.4. The Labute approximate surface area is 258 Å². The molecule has 6 rings (SSSR count). The number of carbonyl (C=O) groups excluding carboxylic acids is 1. The SMILES string of the molecule is NC1CCCN(c2nc3nc(CCc4ccccc4)n(CC(=O)c4ccc(C(F)(F)F)cc4)c(=O)c3n2Cc2ccccc2)C1. The van der Waals surface area contributed by atoms with Gasteiger partial charge in [-0.05, 0) is 42.5 Å². The number of nitrogens with two attached hydrogens (primary N) is 1. The van der Waals surface area contributed by atoms with Gasteiger partial charge in [0.05, 0.1) is 18.7 Å². The molecule has 1 aliphatic rings. The number of rotatable bonds is 9. The van der Waals surface area contributed by atoms with Crippen molar-refractivity contribution < 1.29 is 18.0 Å². The van der Waals surface area contributed by atoms with Crippen molar-refractivity contribution in [3.05, 3.63) is 123 Å². The van der Waals surface area contributed by atoms with Crippen LogP contribution in [0.4, 0.5) is 19.1 Å². The Morgan fingerprint density at radius 3 is 2.18 bits per heavy atom. The fraction of sp³-hybridized carbons (Fsp3) is 0.294. The van der Waals surface area contributed by atoms with Crippen molar-refractivity contribution in [2.24, 2.45) is 5.73 Å². The molecule has 232 valence electrons. The number of nitrogens with zero attached hydrogens (tertiary/aromatic N) is 5. The average molecular weight is 615 g/mol. The largest absolute Gasteiger partial charge is 0.416 e. The van der Waals surface area contributed by atoms with E-state index >= 15 is 0 Å². The molecule has 11 heteroatoms. The predicted octanol–water partition coefficient (Wildman–Crippen LogP) is 5.26. The Balaban J connectivity index is 1.46. The van der Waals surface area contributed by atoms with Crippen LogP contribution >= 0.6 is 0 Å². The first-order valence-corrected chi connectivity index (χ1v) is 15.0. The van der Waals surface area contributed by atoms with E-state index in [1.165, 1.54) is 4.57 Å². The highest BCUT2D eigenvalue weighted by molar-refractivity contribution is 5.96. The van der Waals surface area contributed by atoms with Crippen LogP contribution in [0.3, 0.4) is 0 Å². The number of hydrogen-bond acceptors (Lipinski definition) is 6. The summed E-state index contributed by atoms with van der Waals surface area (Å²) in [5.74, 6) is 0.474. The molecule has 0 saturated carbocycles. The Bertz CT molecular complexity index is 1850. The zero-order valence-electron chi connectivity index (χ0n) is 24.6. The van der Waals surface area contributed by atoms with Gasteiger partial charge in [-0.3, -0.25) is 18.7 Å². The minimum Gasteiger partial charge on any atom is -0.341 e. The standard InChI is InChI=1S/C34H33F3N6O2/c35-34(36,37)26-16-14-25(15-17-26)28(44)22-42-29(18-13-23-8-3-1-4-9-23)39-31-30(32(42)45)43(20-24-10-5-2-6-11-24)33(40-31)41-19-7-12-27(38)21-41/h1-6,8-11,14-17,27H,7,12-13,18-22,38H2. The van der Waals surface area contributed by atoms with Crippen LogP contribution in [0.25, 0.3) is 11.2 Å². The van der Waals surface area contributed by atoms with Gasteiger partial charge < -0.3 is 10.6 Å². The van der Waals surface area contributed by atoms with E-state index in [0.717, 1.165) is 54.8 Å². The van der Waals surface area contributed by atoms with E-state index in [0.29, 0.717) is 37.7 Å². The minimum absolute atomic E-state index is 0.0313. The summed E-state index contributed by atoms with van der Waals surface area (Å²) < 4.78 is 42.6. The molecule has 2 N–H and O–H groups in total. The van der Waals surface area contributed by atoms with Crippen molar-refractivity contribution in [2.75, 3.05) is 18.0 Å². The molecule has 1 atom stereocenters. The lowest BCUT2D eigenvalue weighted by molar-refractivity contribution is -0.137. The zero-order valence-corrected chi connectivity index (χ0v) is 24.6. The van der Waals surface area contributed by atoms with Gasteiger partial charge in [0.1, 0.15) is 5.82 Å². The van der Waals surface area contributed by atoms with E-state index in [-0.39, 0.29) is 29.3 Å². The van der Waals surface area contributed by atoms with E-state index in [2.05, 4.69) is 4.90 Å². The van der Waals surface area contributed by atoms with E-state index in [9.17, 15) is 22.8 Å². The number of piperidine rings is 1. The number of Topliss-reactive ketones (excluding diaryl/α,β-unsaturated/α-hetero) is 1. The fourth-order valence-corrected chi connectivity index (χ4v) is 5.83. The van der Waals surface area contributed by atoms with Crippen molar-refractivity contribution >= 4 is 22.9 Å². The first-order chi connectivity index (χ1) is 21.7. The number of imidazole rings is 1. The van der Waals surface area contributed by atoms with Crippen LogP contribution in [0.5, 0.6) is 0 Å². The van der Waals surface area contributed by atoms with Crippen LogP contribution < -0.4 is 16.2 Å². The van der Waals surface area contributed by atoms with Crippen LogP contribution in [0, 0.1) is 0 Å². The molecular weight excluding hydrogens is 581 g/mol. The Morgan fingerprint density at radius 1 is 0.867 bits per heavy atom. The molecule has 0 radical (unpaired) electrons. The van der Waals surface area contributed by atoms with Crippen molar-refractivity contribution in [1.29, 1.82) is 0 Å². The van der Waals surface area contributed by atoms with Crippen molar-refractivity contribution in [3.63, 3.8) is 0 Å². The molecule has 1 unspecified atom stereocenters. The third kappa shape index (κ3) is 6.68. The van der Waals surface area contributed by atoms with Gasteiger partial charge >= 0.3 is 6.18 Å². The topological polar surface area (TPSA) is 99.0 Å². The lowest BCUT2D eigenvalue weighted by Gasteiger charge is -2.31. The third-order valence-electron chi connectivity index (χ3n) is 8.16. The van der Waals surface area contributed by atoms with Gasteiger partial charge in [-0.1, -0.05) is 72.8 Å². The Kier molecular flexibility index (Phi) is 8.53. The third-order valence-corrected chi connectivity index (χ3v) is 8.16. The highest BCUT2D eigenvalue weighted by Gasteiger charge is 2.31. The summed E-state index contributed by atoms with van der Waals surface area (Å²) in [5, 5.41) is 0.